The SMILES string of the molecule is CN1CCN(NC(=O)Oc2cnc(-c3ccccc3)nc2)CC1. The highest BCUT2D eigenvalue weighted by atomic mass is 16.6. The number of rotatable bonds is 3. The van der Waals surface area contributed by atoms with Crippen molar-refractivity contribution in [2.45, 2.75) is 0 Å². The molecule has 2 aromatic rings. The lowest BCUT2D eigenvalue weighted by Gasteiger charge is -2.31. The molecule has 1 aliphatic heterocycles. The Labute approximate surface area is 134 Å². The van der Waals surface area contributed by atoms with Crippen LogP contribution in [0.1, 0.15) is 0 Å². The number of nitrogens with one attached hydrogen (secondary N) is 1. The number of piperazine rings is 1. The fourth-order valence-corrected chi connectivity index (χ4v) is 2.28. The van der Waals surface area contributed by atoms with Crippen molar-refractivity contribution in [2.75, 3.05) is 33.2 Å². The molecule has 1 N–H and O–H groups in total. The molecule has 120 valence electrons. The number of likely N-dealkylation sites (N-methyl/N-ethyl adjacent to an activating group) is 1. The Morgan fingerprint density at radius 3 is 2.39 bits per heavy atom. The highest BCUT2D eigenvalue weighted by Gasteiger charge is 2.16. The summed E-state index contributed by atoms with van der Waals surface area (Å²) in [6.45, 7) is 3.37. The normalized spacial score (nSPS) is 16.0. The van der Waals surface area contributed by atoms with Gasteiger partial charge in [-0.1, -0.05) is 30.3 Å². The standard InChI is InChI=1S/C16H19N5O2/c1-20-7-9-21(10-8-20)19-16(22)23-14-11-17-15(18-12-14)13-5-3-2-4-6-13/h2-6,11-12H,7-10H2,1H3,(H,19,22). The van der Waals surface area contributed by atoms with Gasteiger partial charge in [0.15, 0.2) is 11.6 Å². The fraction of sp³-hybridized carbons (Fsp3) is 0.312. The number of hydrogen-bond acceptors (Lipinski definition) is 6. The maximum Gasteiger partial charge on any atom is 0.427 e. The van der Waals surface area contributed by atoms with E-state index in [0.717, 1.165) is 31.7 Å². The molecule has 1 amide bonds. The van der Waals surface area contributed by atoms with Gasteiger partial charge >= 0.3 is 6.09 Å². The predicted molar refractivity (Wildman–Crippen MR) is 85.7 cm³/mol. The first-order valence-electron chi connectivity index (χ1n) is 7.50. The van der Waals surface area contributed by atoms with E-state index in [4.69, 9.17) is 4.74 Å². The van der Waals surface area contributed by atoms with E-state index in [1.807, 2.05) is 35.3 Å². The summed E-state index contributed by atoms with van der Waals surface area (Å²) in [7, 11) is 2.06. The molecular weight excluding hydrogens is 294 g/mol. The molecule has 7 nitrogen and oxygen atoms in total. The second-order valence-electron chi connectivity index (χ2n) is 5.40. The zero-order valence-corrected chi connectivity index (χ0v) is 13.0. The minimum atomic E-state index is -0.523. The lowest BCUT2D eigenvalue weighted by molar-refractivity contribution is 0.0976. The van der Waals surface area contributed by atoms with Crippen LogP contribution in [0.15, 0.2) is 42.7 Å². The zero-order valence-electron chi connectivity index (χ0n) is 13.0. The van der Waals surface area contributed by atoms with Crippen LogP contribution < -0.4 is 10.2 Å². The van der Waals surface area contributed by atoms with Gasteiger partial charge in [-0.05, 0) is 7.05 Å². The van der Waals surface area contributed by atoms with Gasteiger partial charge in [0.25, 0.3) is 0 Å². The van der Waals surface area contributed by atoms with E-state index in [2.05, 4.69) is 27.3 Å². The van der Waals surface area contributed by atoms with E-state index < -0.39 is 6.09 Å². The van der Waals surface area contributed by atoms with Crippen molar-refractivity contribution < 1.29 is 9.53 Å². The summed E-state index contributed by atoms with van der Waals surface area (Å²) in [4.78, 5) is 22.5. The van der Waals surface area contributed by atoms with Crippen LogP contribution in [0.5, 0.6) is 5.75 Å². The first kappa shape index (κ1) is 15.4. The third kappa shape index (κ3) is 4.24. The van der Waals surface area contributed by atoms with Crippen LogP contribution in [0.4, 0.5) is 4.79 Å². The number of benzene rings is 1. The minimum Gasteiger partial charge on any atom is -0.406 e. The third-order valence-electron chi connectivity index (χ3n) is 3.62. The number of carbonyl (C=O) groups excluding carboxylic acids is 1. The van der Waals surface area contributed by atoms with Crippen LogP contribution in [-0.4, -0.2) is 59.2 Å². The summed E-state index contributed by atoms with van der Waals surface area (Å²) < 4.78 is 5.20. The molecule has 0 aliphatic carbocycles. The Kier molecular flexibility index (Phi) is 4.80. The van der Waals surface area contributed by atoms with Crippen LogP contribution in [0.25, 0.3) is 11.4 Å². The van der Waals surface area contributed by atoms with Gasteiger partial charge in [-0.15, -0.1) is 0 Å². The molecule has 0 unspecified atom stereocenters. The van der Waals surface area contributed by atoms with Gasteiger partial charge in [-0.3, -0.25) is 5.43 Å². The number of aromatic nitrogens is 2. The molecule has 1 aliphatic rings. The first-order valence-corrected chi connectivity index (χ1v) is 7.50. The number of hydrazine groups is 1. The van der Waals surface area contributed by atoms with Gasteiger partial charge in [0.2, 0.25) is 0 Å². The average Bonchev–Trinajstić information content (AvgIpc) is 2.58. The van der Waals surface area contributed by atoms with Crippen LogP contribution in [0.3, 0.4) is 0 Å². The molecule has 23 heavy (non-hydrogen) atoms. The monoisotopic (exact) mass is 313 g/mol. The Balaban J connectivity index is 1.55. The molecule has 0 saturated carbocycles. The molecule has 3 rings (SSSR count). The summed E-state index contributed by atoms with van der Waals surface area (Å²) in [5, 5.41) is 1.85. The summed E-state index contributed by atoms with van der Waals surface area (Å²) in [6, 6.07) is 9.63. The molecule has 1 saturated heterocycles. The van der Waals surface area contributed by atoms with Crippen LogP contribution in [-0.2, 0) is 0 Å². The van der Waals surface area contributed by atoms with Crippen molar-refractivity contribution in [3.05, 3.63) is 42.7 Å². The quantitative estimate of drug-likeness (QED) is 0.923. The average molecular weight is 313 g/mol. The summed E-state index contributed by atoms with van der Waals surface area (Å²) in [5.74, 6) is 0.911. The lowest BCUT2D eigenvalue weighted by atomic mass is 10.2. The maximum absolute atomic E-state index is 11.9. The largest absolute Gasteiger partial charge is 0.427 e. The molecule has 1 aromatic heterocycles. The molecule has 0 atom stereocenters. The molecule has 2 heterocycles. The predicted octanol–water partition coefficient (Wildman–Crippen LogP) is 1.39. The number of ether oxygens (including phenoxy) is 1. The van der Waals surface area contributed by atoms with Crippen molar-refractivity contribution in [2.24, 2.45) is 0 Å². The van der Waals surface area contributed by atoms with Crippen molar-refractivity contribution in [1.82, 2.24) is 25.3 Å². The van der Waals surface area contributed by atoms with E-state index in [0.29, 0.717) is 11.6 Å². The Hall–Kier alpha value is -2.51. The van der Waals surface area contributed by atoms with Crippen molar-refractivity contribution >= 4 is 6.09 Å². The topological polar surface area (TPSA) is 70.6 Å². The Morgan fingerprint density at radius 2 is 1.74 bits per heavy atom. The Bertz CT molecular complexity index is 639. The van der Waals surface area contributed by atoms with E-state index in [1.54, 1.807) is 0 Å². The molecule has 0 spiro atoms. The first-order chi connectivity index (χ1) is 11.2. The molecule has 0 bridgehead atoms. The number of hydrogen-bond donors (Lipinski definition) is 1. The molecule has 0 radical (unpaired) electrons. The highest BCUT2D eigenvalue weighted by molar-refractivity contribution is 5.69. The molecular formula is C16H19N5O2. The summed E-state index contributed by atoms with van der Waals surface area (Å²) in [6.07, 6.45) is 2.48. The summed E-state index contributed by atoms with van der Waals surface area (Å²) in [5.41, 5.74) is 3.64. The van der Waals surface area contributed by atoms with Gasteiger partial charge in [0.1, 0.15) is 0 Å². The number of nitrogens with zero attached hydrogens (tertiary/aromatic N) is 4. The molecule has 1 fully saturated rings. The van der Waals surface area contributed by atoms with E-state index in [-0.39, 0.29) is 0 Å². The van der Waals surface area contributed by atoms with Crippen molar-refractivity contribution in [3.63, 3.8) is 0 Å². The second-order valence-corrected chi connectivity index (χ2v) is 5.40. The Morgan fingerprint density at radius 1 is 1.09 bits per heavy atom. The van der Waals surface area contributed by atoms with Crippen molar-refractivity contribution in [3.8, 4) is 17.1 Å². The summed E-state index contributed by atoms with van der Waals surface area (Å²) >= 11 is 0. The fourth-order valence-electron chi connectivity index (χ4n) is 2.28. The number of amides is 1. The van der Waals surface area contributed by atoms with E-state index in [9.17, 15) is 4.79 Å². The van der Waals surface area contributed by atoms with Gasteiger partial charge in [0, 0.05) is 31.7 Å². The number of carbonyl (C=O) groups is 1. The zero-order chi connectivity index (χ0) is 16.1. The van der Waals surface area contributed by atoms with E-state index in [1.165, 1.54) is 12.4 Å². The van der Waals surface area contributed by atoms with Crippen LogP contribution in [0.2, 0.25) is 0 Å². The van der Waals surface area contributed by atoms with Gasteiger partial charge < -0.3 is 9.64 Å². The van der Waals surface area contributed by atoms with Gasteiger partial charge in [-0.25, -0.2) is 19.8 Å². The molecule has 1 aromatic carbocycles. The smallest absolute Gasteiger partial charge is 0.406 e. The lowest BCUT2D eigenvalue weighted by Crippen LogP contribution is -2.53. The van der Waals surface area contributed by atoms with Crippen LogP contribution >= 0.6 is 0 Å². The second kappa shape index (κ2) is 7.17. The third-order valence-corrected chi connectivity index (χ3v) is 3.62. The van der Waals surface area contributed by atoms with Gasteiger partial charge in [-0.2, -0.15) is 0 Å². The highest BCUT2D eigenvalue weighted by Crippen LogP contribution is 2.15. The maximum atomic E-state index is 11.9. The van der Waals surface area contributed by atoms with Gasteiger partial charge in [0.05, 0.1) is 12.4 Å². The van der Waals surface area contributed by atoms with Crippen LogP contribution in [0, 0.1) is 0 Å². The van der Waals surface area contributed by atoms with E-state index >= 15 is 0 Å². The minimum absolute atomic E-state index is 0.316. The molecule has 7 heteroatoms. The van der Waals surface area contributed by atoms with Crippen molar-refractivity contribution in [1.29, 1.82) is 0 Å².